The molecule has 0 bridgehead atoms. The number of nitrogens with zero attached hydrogens (tertiary/aromatic N) is 2. The Morgan fingerprint density at radius 1 is 0.886 bits per heavy atom. The van der Waals surface area contributed by atoms with E-state index in [-0.39, 0.29) is 23.4 Å². The van der Waals surface area contributed by atoms with E-state index in [1.807, 2.05) is 47.4 Å². The molecule has 0 saturated carbocycles. The molecule has 0 aliphatic carbocycles. The van der Waals surface area contributed by atoms with Crippen molar-refractivity contribution < 1.29 is 19.7 Å². The third-order valence-electron chi connectivity index (χ3n) is 7.04. The van der Waals surface area contributed by atoms with Crippen molar-refractivity contribution >= 4 is 11.6 Å². The number of phenolic OH excluding ortho intramolecular Hbond substituents is 2. The molecule has 0 aromatic heterocycles. The molecule has 2 aliphatic heterocycles. The number of likely N-dealkylation sites (tertiary alicyclic amines) is 1. The van der Waals surface area contributed by atoms with Gasteiger partial charge in [0.1, 0.15) is 23.9 Å². The maximum Gasteiger partial charge on any atom is 0.258 e. The molecule has 182 valence electrons. The van der Waals surface area contributed by atoms with E-state index in [1.165, 1.54) is 19.3 Å². The zero-order chi connectivity index (χ0) is 24.2. The van der Waals surface area contributed by atoms with Crippen LogP contribution in [-0.2, 0) is 6.42 Å². The van der Waals surface area contributed by atoms with Gasteiger partial charge in [-0.2, -0.15) is 0 Å². The quantitative estimate of drug-likeness (QED) is 0.510. The van der Waals surface area contributed by atoms with Crippen LogP contribution in [0.3, 0.4) is 0 Å². The van der Waals surface area contributed by atoms with Crippen LogP contribution in [0.4, 0.5) is 5.69 Å². The van der Waals surface area contributed by atoms with E-state index >= 15 is 0 Å². The van der Waals surface area contributed by atoms with E-state index in [9.17, 15) is 15.0 Å². The highest BCUT2D eigenvalue weighted by Gasteiger charge is 2.33. The van der Waals surface area contributed by atoms with Crippen molar-refractivity contribution in [2.75, 3.05) is 31.1 Å². The summed E-state index contributed by atoms with van der Waals surface area (Å²) in [6.07, 6.45) is 5.33. The topological polar surface area (TPSA) is 73.2 Å². The van der Waals surface area contributed by atoms with Gasteiger partial charge in [0.05, 0.1) is 6.04 Å². The van der Waals surface area contributed by atoms with Crippen LogP contribution in [0.1, 0.15) is 53.2 Å². The molecule has 0 spiro atoms. The number of amides is 1. The lowest BCUT2D eigenvalue weighted by molar-refractivity contribution is 0.0972. The summed E-state index contributed by atoms with van der Waals surface area (Å²) in [7, 11) is 0. The number of benzene rings is 3. The van der Waals surface area contributed by atoms with Crippen molar-refractivity contribution in [3.63, 3.8) is 0 Å². The summed E-state index contributed by atoms with van der Waals surface area (Å²) in [5.41, 5.74) is 3.30. The molecule has 35 heavy (non-hydrogen) atoms. The molecule has 0 radical (unpaired) electrons. The lowest BCUT2D eigenvalue weighted by Gasteiger charge is -2.38. The molecule has 3 aromatic rings. The average Bonchev–Trinajstić information content (AvgIpc) is 2.89. The van der Waals surface area contributed by atoms with E-state index in [0.717, 1.165) is 55.0 Å². The van der Waals surface area contributed by atoms with Crippen LogP contribution in [0.25, 0.3) is 0 Å². The van der Waals surface area contributed by atoms with Crippen molar-refractivity contribution in [2.45, 2.75) is 38.1 Å². The van der Waals surface area contributed by atoms with Crippen LogP contribution >= 0.6 is 0 Å². The zero-order valence-electron chi connectivity index (χ0n) is 19.9. The third kappa shape index (κ3) is 5.28. The van der Waals surface area contributed by atoms with Gasteiger partial charge in [-0.1, -0.05) is 18.6 Å². The molecule has 2 aliphatic rings. The van der Waals surface area contributed by atoms with Gasteiger partial charge >= 0.3 is 0 Å². The number of anilines is 1. The SMILES string of the molecule is O=C(c1ccc(OCCN2CCCCC2)cc1)N1c2ccc(O)cc2CCC1c1ccc(O)cc1. The molecule has 1 fully saturated rings. The van der Waals surface area contributed by atoms with Gasteiger partial charge in [-0.05, 0) is 104 Å². The number of aryl methyl sites for hydroxylation is 1. The Morgan fingerprint density at radius 2 is 1.60 bits per heavy atom. The molecule has 1 saturated heterocycles. The number of ether oxygens (including phenoxy) is 1. The second kappa shape index (κ2) is 10.4. The third-order valence-corrected chi connectivity index (χ3v) is 7.04. The normalized spacial score (nSPS) is 18.2. The first-order valence-electron chi connectivity index (χ1n) is 12.5. The van der Waals surface area contributed by atoms with Gasteiger partial charge in [-0.25, -0.2) is 0 Å². The number of fused-ring (bicyclic) bond motifs is 1. The summed E-state index contributed by atoms with van der Waals surface area (Å²) in [6, 6.07) is 19.4. The van der Waals surface area contributed by atoms with Crippen molar-refractivity contribution in [2.24, 2.45) is 0 Å². The predicted octanol–water partition coefficient (Wildman–Crippen LogP) is 5.30. The minimum absolute atomic E-state index is 0.102. The van der Waals surface area contributed by atoms with Gasteiger partial charge in [-0.3, -0.25) is 9.69 Å². The van der Waals surface area contributed by atoms with Crippen LogP contribution in [0.5, 0.6) is 17.2 Å². The van der Waals surface area contributed by atoms with E-state index < -0.39 is 0 Å². The molecule has 6 nitrogen and oxygen atoms in total. The van der Waals surface area contributed by atoms with Gasteiger partial charge in [0.15, 0.2) is 0 Å². The minimum atomic E-state index is -0.166. The second-order valence-corrected chi connectivity index (χ2v) is 9.41. The maximum absolute atomic E-state index is 13.8. The Labute approximate surface area is 206 Å². The fourth-order valence-corrected chi connectivity index (χ4v) is 5.17. The highest BCUT2D eigenvalue weighted by atomic mass is 16.5. The van der Waals surface area contributed by atoms with Gasteiger partial charge in [0.2, 0.25) is 0 Å². The number of carbonyl (C=O) groups is 1. The van der Waals surface area contributed by atoms with Gasteiger partial charge in [0.25, 0.3) is 5.91 Å². The number of phenols is 2. The monoisotopic (exact) mass is 472 g/mol. The Bertz CT molecular complexity index is 1150. The summed E-state index contributed by atoms with van der Waals surface area (Å²) >= 11 is 0. The van der Waals surface area contributed by atoms with Crippen molar-refractivity contribution in [1.82, 2.24) is 4.90 Å². The number of rotatable bonds is 6. The molecule has 3 aromatic carbocycles. The Hall–Kier alpha value is -3.51. The largest absolute Gasteiger partial charge is 0.508 e. The minimum Gasteiger partial charge on any atom is -0.508 e. The molecule has 1 amide bonds. The molecular formula is C29H32N2O4. The first-order chi connectivity index (χ1) is 17.1. The van der Waals surface area contributed by atoms with E-state index in [1.54, 1.807) is 24.3 Å². The molecule has 6 heteroatoms. The molecule has 2 N–H and O–H groups in total. The molecule has 1 atom stereocenters. The maximum atomic E-state index is 13.8. The predicted molar refractivity (Wildman–Crippen MR) is 136 cm³/mol. The van der Waals surface area contributed by atoms with Crippen molar-refractivity contribution in [3.05, 3.63) is 83.4 Å². The highest BCUT2D eigenvalue weighted by Crippen LogP contribution is 2.41. The summed E-state index contributed by atoms with van der Waals surface area (Å²) in [5, 5.41) is 19.7. The standard InChI is InChI=1S/C29H32N2O4/c32-24-9-4-21(5-10-24)27-14-8-23-20-25(33)11-15-28(23)31(27)29(34)22-6-12-26(13-7-22)35-19-18-30-16-2-1-3-17-30/h4-7,9-13,15,20,27,32-33H,1-3,8,14,16-19H2. The first-order valence-corrected chi connectivity index (χ1v) is 12.5. The Balaban J connectivity index is 1.34. The van der Waals surface area contributed by atoms with Crippen LogP contribution < -0.4 is 9.64 Å². The summed E-state index contributed by atoms with van der Waals surface area (Å²) < 4.78 is 5.94. The van der Waals surface area contributed by atoms with Crippen LogP contribution in [-0.4, -0.2) is 47.3 Å². The van der Waals surface area contributed by atoms with Gasteiger partial charge in [0, 0.05) is 17.8 Å². The summed E-state index contributed by atoms with van der Waals surface area (Å²) in [5.74, 6) is 1.06. The van der Waals surface area contributed by atoms with Crippen molar-refractivity contribution in [3.8, 4) is 17.2 Å². The average molecular weight is 473 g/mol. The number of hydrogen-bond acceptors (Lipinski definition) is 5. The fraction of sp³-hybridized carbons (Fsp3) is 0.345. The Morgan fingerprint density at radius 3 is 2.34 bits per heavy atom. The number of carbonyl (C=O) groups excluding carboxylic acids is 1. The second-order valence-electron chi connectivity index (χ2n) is 9.41. The number of hydrogen-bond donors (Lipinski definition) is 2. The Kier molecular flexibility index (Phi) is 6.91. The molecular weight excluding hydrogens is 440 g/mol. The highest BCUT2D eigenvalue weighted by molar-refractivity contribution is 6.07. The smallest absolute Gasteiger partial charge is 0.258 e. The van der Waals surface area contributed by atoms with Crippen molar-refractivity contribution in [1.29, 1.82) is 0 Å². The van der Waals surface area contributed by atoms with Gasteiger partial charge < -0.3 is 19.8 Å². The summed E-state index contributed by atoms with van der Waals surface area (Å²) in [4.78, 5) is 18.1. The molecule has 5 rings (SSSR count). The van der Waals surface area contributed by atoms with E-state index in [4.69, 9.17) is 4.74 Å². The van der Waals surface area contributed by atoms with Crippen LogP contribution in [0.15, 0.2) is 66.7 Å². The zero-order valence-corrected chi connectivity index (χ0v) is 19.9. The summed E-state index contributed by atoms with van der Waals surface area (Å²) in [6.45, 7) is 3.85. The van der Waals surface area contributed by atoms with Crippen LogP contribution in [0.2, 0.25) is 0 Å². The molecule has 1 unspecified atom stereocenters. The number of piperidine rings is 1. The lowest BCUT2D eigenvalue weighted by Crippen LogP contribution is -2.38. The number of aromatic hydroxyl groups is 2. The molecule has 2 heterocycles. The van der Waals surface area contributed by atoms with E-state index in [0.29, 0.717) is 12.2 Å². The van der Waals surface area contributed by atoms with Crippen LogP contribution in [0, 0.1) is 0 Å². The van der Waals surface area contributed by atoms with E-state index in [2.05, 4.69) is 4.90 Å². The first kappa shape index (κ1) is 23.2. The fourth-order valence-electron chi connectivity index (χ4n) is 5.17. The van der Waals surface area contributed by atoms with Gasteiger partial charge in [-0.15, -0.1) is 0 Å². The lowest BCUT2D eigenvalue weighted by atomic mass is 9.90.